The second-order valence-corrected chi connectivity index (χ2v) is 10.1. The van der Waals surface area contributed by atoms with Crippen molar-refractivity contribution in [2.24, 2.45) is 29.1 Å². The van der Waals surface area contributed by atoms with E-state index in [2.05, 4.69) is 29.2 Å². The maximum atomic E-state index is 11.2. The van der Waals surface area contributed by atoms with Gasteiger partial charge in [0.2, 0.25) is 0 Å². The summed E-state index contributed by atoms with van der Waals surface area (Å²) in [5, 5.41) is 11.2. The van der Waals surface area contributed by atoms with Crippen molar-refractivity contribution in [2.75, 3.05) is 13.1 Å². The van der Waals surface area contributed by atoms with Gasteiger partial charge in [0, 0.05) is 18.0 Å². The highest BCUT2D eigenvalue weighted by Gasteiger charge is 2.54. The van der Waals surface area contributed by atoms with Crippen LogP contribution in [-0.2, 0) is 6.42 Å². The molecule has 4 bridgehead atoms. The molecule has 0 aromatic heterocycles. The van der Waals surface area contributed by atoms with Gasteiger partial charge in [-0.15, -0.1) is 0 Å². The van der Waals surface area contributed by atoms with Crippen LogP contribution in [0.5, 0.6) is 0 Å². The van der Waals surface area contributed by atoms with E-state index in [4.69, 9.17) is 0 Å². The number of fused-ring (bicyclic) bond motifs is 1. The van der Waals surface area contributed by atoms with Crippen LogP contribution in [0.2, 0.25) is 0 Å². The van der Waals surface area contributed by atoms with Gasteiger partial charge in [0.1, 0.15) is 0 Å². The highest BCUT2D eigenvalue weighted by Crippen LogP contribution is 2.57. The molecule has 4 saturated carbocycles. The van der Waals surface area contributed by atoms with E-state index < -0.39 is 0 Å². The highest BCUT2D eigenvalue weighted by atomic mass is 16.3. The van der Waals surface area contributed by atoms with Crippen LogP contribution in [0.3, 0.4) is 0 Å². The van der Waals surface area contributed by atoms with Crippen LogP contribution in [0, 0.1) is 29.1 Å². The van der Waals surface area contributed by atoms with Crippen LogP contribution in [0.1, 0.15) is 62.2 Å². The Morgan fingerprint density at radius 2 is 1.68 bits per heavy atom. The molecule has 1 saturated heterocycles. The summed E-state index contributed by atoms with van der Waals surface area (Å²) in [4.78, 5) is 2.87. The molecule has 1 N–H and O–H groups in total. The Morgan fingerprint density at radius 1 is 0.960 bits per heavy atom. The maximum absolute atomic E-state index is 11.2. The van der Waals surface area contributed by atoms with Crippen LogP contribution in [-0.4, -0.2) is 29.1 Å². The summed E-state index contributed by atoms with van der Waals surface area (Å²) >= 11 is 0. The number of piperidine rings is 1. The van der Waals surface area contributed by atoms with E-state index in [1.165, 1.54) is 62.6 Å². The van der Waals surface area contributed by atoms with Gasteiger partial charge in [-0.2, -0.15) is 0 Å². The van der Waals surface area contributed by atoms with Crippen LogP contribution in [0.15, 0.2) is 24.3 Å². The van der Waals surface area contributed by atoms with Crippen LogP contribution in [0.4, 0.5) is 0 Å². The Morgan fingerprint density at radius 3 is 2.40 bits per heavy atom. The molecule has 2 atom stereocenters. The topological polar surface area (TPSA) is 23.5 Å². The Hall–Kier alpha value is -0.860. The summed E-state index contributed by atoms with van der Waals surface area (Å²) < 4.78 is 0. The number of nitrogens with zero attached hydrogens (tertiary/aromatic N) is 1. The molecule has 0 radical (unpaired) electrons. The number of hydrogen-bond acceptors (Lipinski definition) is 2. The summed E-state index contributed by atoms with van der Waals surface area (Å²) in [6, 6.07) is 9.48. The quantitative estimate of drug-likeness (QED) is 0.831. The summed E-state index contributed by atoms with van der Waals surface area (Å²) in [6.07, 6.45) is 10.9. The van der Waals surface area contributed by atoms with Gasteiger partial charge >= 0.3 is 0 Å². The van der Waals surface area contributed by atoms with Gasteiger partial charge in [-0.3, -0.25) is 4.90 Å². The van der Waals surface area contributed by atoms with E-state index in [1.807, 2.05) is 0 Å². The third-order valence-electron chi connectivity index (χ3n) is 8.71. The SMILES string of the molecule is OC1c2ccccc2CC12CCCN(C1C3CC4CC(C3)CC1C4)C2. The molecule has 1 aromatic rings. The van der Waals surface area contributed by atoms with E-state index in [-0.39, 0.29) is 11.5 Å². The molecular weight excluding hydrogens is 306 g/mol. The largest absolute Gasteiger partial charge is 0.388 e. The van der Waals surface area contributed by atoms with Crippen LogP contribution >= 0.6 is 0 Å². The molecule has 2 unspecified atom stereocenters. The second kappa shape index (κ2) is 5.33. The molecular formula is C23H31NO. The van der Waals surface area contributed by atoms with E-state index in [9.17, 15) is 5.11 Å². The molecule has 5 fully saturated rings. The normalized spacial score (nSPS) is 48.2. The second-order valence-electron chi connectivity index (χ2n) is 10.1. The summed E-state index contributed by atoms with van der Waals surface area (Å²) in [6.45, 7) is 2.41. The minimum atomic E-state index is -0.247. The monoisotopic (exact) mass is 337 g/mol. The molecule has 1 heterocycles. The third-order valence-corrected chi connectivity index (χ3v) is 8.71. The molecule has 1 aromatic carbocycles. The van der Waals surface area contributed by atoms with Crippen molar-refractivity contribution in [1.82, 2.24) is 4.90 Å². The molecule has 6 aliphatic rings. The summed E-state index contributed by atoms with van der Waals surface area (Å²) in [5.41, 5.74) is 2.72. The Labute approximate surface area is 151 Å². The van der Waals surface area contributed by atoms with Gasteiger partial charge in [0.05, 0.1) is 6.10 Å². The average Bonchev–Trinajstić information content (AvgIpc) is 2.86. The van der Waals surface area contributed by atoms with Crippen molar-refractivity contribution >= 4 is 0 Å². The Balaban J connectivity index is 1.28. The van der Waals surface area contributed by atoms with Crippen molar-refractivity contribution in [3.8, 4) is 0 Å². The number of aliphatic hydroxyl groups excluding tert-OH is 1. The molecule has 2 nitrogen and oxygen atoms in total. The van der Waals surface area contributed by atoms with Gasteiger partial charge in [0.15, 0.2) is 0 Å². The smallest absolute Gasteiger partial charge is 0.0864 e. The summed E-state index contributed by atoms with van der Waals surface area (Å²) in [5.74, 6) is 4.04. The van der Waals surface area contributed by atoms with Gasteiger partial charge in [-0.1, -0.05) is 24.3 Å². The molecule has 1 spiro atoms. The fraction of sp³-hybridized carbons (Fsp3) is 0.739. The fourth-order valence-corrected chi connectivity index (χ4v) is 8.08. The average molecular weight is 338 g/mol. The first-order valence-electron chi connectivity index (χ1n) is 10.7. The molecule has 5 aliphatic carbocycles. The maximum Gasteiger partial charge on any atom is 0.0864 e. The number of benzene rings is 1. The van der Waals surface area contributed by atoms with E-state index in [0.29, 0.717) is 0 Å². The van der Waals surface area contributed by atoms with Crippen molar-refractivity contribution in [3.05, 3.63) is 35.4 Å². The number of rotatable bonds is 1. The van der Waals surface area contributed by atoms with Crippen molar-refractivity contribution in [2.45, 2.75) is 63.5 Å². The van der Waals surface area contributed by atoms with Gasteiger partial charge in [-0.25, -0.2) is 0 Å². The molecule has 7 rings (SSSR count). The van der Waals surface area contributed by atoms with Gasteiger partial charge in [0.25, 0.3) is 0 Å². The zero-order valence-corrected chi connectivity index (χ0v) is 15.2. The van der Waals surface area contributed by atoms with Gasteiger partial charge in [-0.05, 0) is 92.7 Å². The van der Waals surface area contributed by atoms with Crippen LogP contribution in [0.25, 0.3) is 0 Å². The first-order chi connectivity index (χ1) is 12.2. The van der Waals surface area contributed by atoms with Crippen molar-refractivity contribution in [1.29, 1.82) is 0 Å². The molecule has 0 amide bonds. The lowest BCUT2D eigenvalue weighted by atomic mass is 9.53. The van der Waals surface area contributed by atoms with E-state index in [1.54, 1.807) is 0 Å². The predicted octanol–water partition coefficient (Wildman–Crippen LogP) is 4.18. The number of aliphatic hydroxyl groups is 1. The Kier molecular flexibility index (Phi) is 3.24. The predicted molar refractivity (Wildman–Crippen MR) is 99.2 cm³/mol. The molecule has 25 heavy (non-hydrogen) atoms. The third kappa shape index (κ3) is 2.16. The summed E-state index contributed by atoms with van der Waals surface area (Å²) in [7, 11) is 0. The zero-order valence-electron chi connectivity index (χ0n) is 15.2. The van der Waals surface area contributed by atoms with Crippen molar-refractivity contribution < 1.29 is 5.11 Å². The van der Waals surface area contributed by atoms with Crippen molar-refractivity contribution in [3.63, 3.8) is 0 Å². The lowest BCUT2D eigenvalue weighted by Gasteiger charge is -2.59. The van der Waals surface area contributed by atoms with E-state index >= 15 is 0 Å². The lowest BCUT2D eigenvalue weighted by molar-refractivity contribution is -0.104. The number of hydrogen-bond donors (Lipinski definition) is 1. The Bertz CT molecular complexity index is 656. The molecule has 1 aliphatic heterocycles. The molecule has 134 valence electrons. The minimum absolute atomic E-state index is 0.0938. The number of likely N-dealkylation sites (tertiary alicyclic amines) is 1. The molecule has 2 heteroatoms. The standard InChI is InChI=1S/C23H31NO/c25-22-20-5-2-1-4-17(20)13-23(22)6-3-7-24(14-23)21-18-9-15-8-16(11-18)12-19(21)10-15/h1-2,4-5,15-16,18-19,21-22,25H,3,6-14H2. The highest BCUT2D eigenvalue weighted by molar-refractivity contribution is 5.37. The zero-order chi connectivity index (χ0) is 16.6. The fourth-order valence-electron chi connectivity index (χ4n) is 8.08. The van der Waals surface area contributed by atoms with Gasteiger partial charge < -0.3 is 5.11 Å². The first kappa shape index (κ1) is 15.2. The lowest BCUT2D eigenvalue weighted by Crippen LogP contribution is -2.59. The minimum Gasteiger partial charge on any atom is -0.388 e. The van der Waals surface area contributed by atoms with E-state index in [0.717, 1.165) is 42.7 Å². The van der Waals surface area contributed by atoms with Crippen LogP contribution < -0.4 is 0 Å². The first-order valence-corrected chi connectivity index (χ1v) is 10.7.